The van der Waals surface area contributed by atoms with E-state index in [9.17, 15) is 0 Å². The van der Waals surface area contributed by atoms with E-state index < -0.39 is 0 Å². The summed E-state index contributed by atoms with van der Waals surface area (Å²) in [6.07, 6.45) is 0. The molecule has 0 aromatic rings. The lowest BCUT2D eigenvalue weighted by Gasteiger charge is -2.19. The van der Waals surface area contributed by atoms with E-state index in [0.717, 1.165) is 0 Å². The highest BCUT2D eigenvalue weighted by Gasteiger charge is 2.04. The Hall–Kier alpha value is -0.120. The molecule has 0 radical (unpaired) electrons. The van der Waals surface area contributed by atoms with Gasteiger partial charge in [-0.15, -0.1) is 0 Å². The monoisotopic (exact) mass is 119 g/mol. The van der Waals surface area contributed by atoms with Crippen molar-refractivity contribution >= 4 is 0 Å². The first-order valence-corrected chi connectivity index (χ1v) is 2.59. The number of hydrogen-bond donors (Lipinski definition) is 0. The number of nitrogens with zero attached hydrogens (tertiary/aromatic N) is 1. The lowest BCUT2D eigenvalue weighted by atomic mass is 10.4. The Morgan fingerprint density at radius 1 is 1.12 bits per heavy atom. The molecule has 50 valence electrons. The minimum Gasteiger partial charge on any atom is -0.277 e. The summed E-state index contributed by atoms with van der Waals surface area (Å²) < 4.78 is 0. The maximum atomic E-state index is 4.77. The van der Waals surface area contributed by atoms with Crippen molar-refractivity contribution in [2.45, 2.75) is 19.9 Å². The van der Waals surface area contributed by atoms with Crippen LogP contribution in [0.3, 0.4) is 0 Å². The van der Waals surface area contributed by atoms with E-state index in [1.165, 1.54) is 5.23 Å². The molecule has 0 aromatic carbocycles. The predicted octanol–water partition coefficient (Wildman–Crippen LogP) is 0.820. The molecule has 0 N–H and O–H groups in total. The van der Waals surface area contributed by atoms with Gasteiger partial charge in [0, 0.05) is 0 Å². The van der Waals surface area contributed by atoms with Crippen LogP contribution in [0.5, 0.6) is 0 Å². The molecular formula is C5H13NO2. The Morgan fingerprint density at radius 3 is 1.50 bits per heavy atom. The van der Waals surface area contributed by atoms with E-state index in [1.807, 2.05) is 13.8 Å². The van der Waals surface area contributed by atoms with Crippen LogP contribution in [0.2, 0.25) is 0 Å². The van der Waals surface area contributed by atoms with Crippen LogP contribution in [0, 0.1) is 0 Å². The molecule has 0 aliphatic rings. The standard InChI is InChI=1S/C5H13NO2/c1-5(2)6(7-3)8-4/h5H,1-4H3. The molecule has 0 aliphatic carbocycles. The van der Waals surface area contributed by atoms with Crippen molar-refractivity contribution in [1.29, 1.82) is 0 Å². The van der Waals surface area contributed by atoms with E-state index in [4.69, 9.17) is 9.68 Å². The second-order valence-electron chi connectivity index (χ2n) is 1.74. The minimum absolute atomic E-state index is 0.269. The molecule has 0 heterocycles. The zero-order valence-electron chi connectivity index (χ0n) is 5.84. The largest absolute Gasteiger partial charge is 0.277 e. The molecule has 0 saturated heterocycles. The molecule has 3 nitrogen and oxygen atoms in total. The second kappa shape index (κ2) is 3.83. The molecule has 8 heavy (non-hydrogen) atoms. The average Bonchev–Trinajstić information content (AvgIpc) is 1.69. The van der Waals surface area contributed by atoms with Crippen LogP contribution in [-0.2, 0) is 9.68 Å². The highest BCUT2D eigenvalue weighted by molar-refractivity contribution is 4.37. The van der Waals surface area contributed by atoms with Crippen molar-refractivity contribution in [1.82, 2.24) is 5.23 Å². The van der Waals surface area contributed by atoms with Gasteiger partial charge in [-0.2, -0.15) is 0 Å². The van der Waals surface area contributed by atoms with Gasteiger partial charge >= 0.3 is 0 Å². The molecule has 0 spiro atoms. The molecule has 0 unspecified atom stereocenters. The first-order chi connectivity index (χ1) is 3.72. The molecular weight excluding hydrogens is 106 g/mol. The first kappa shape index (κ1) is 7.88. The summed E-state index contributed by atoms with van der Waals surface area (Å²) in [4.78, 5) is 9.54. The number of rotatable bonds is 3. The van der Waals surface area contributed by atoms with Gasteiger partial charge in [-0.1, -0.05) is 5.23 Å². The fourth-order valence-corrected chi connectivity index (χ4v) is 0.496. The van der Waals surface area contributed by atoms with Crippen LogP contribution < -0.4 is 0 Å². The molecule has 0 atom stereocenters. The normalized spacial score (nSPS) is 11.2. The summed E-state index contributed by atoms with van der Waals surface area (Å²) in [7, 11) is 3.15. The SMILES string of the molecule is CON(OC)C(C)C. The minimum atomic E-state index is 0.269. The quantitative estimate of drug-likeness (QED) is 0.513. The third kappa shape index (κ3) is 2.26. The summed E-state index contributed by atoms with van der Waals surface area (Å²) in [5.74, 6) is 0. The van der Waals surface area contributed by atoms with Crippen molar-refractivity contribution in [2.24, 2.45) is 0 Å². The molecule has 3 heteroatoms. The number of hydroxylamine groups is 2. The summed E-state index contributed by atoms with van der Waals surface area (Å²) in [5.41, 5.74) is 0. The molecule has 0 aromatic heterocycles. The van der Waals surface area contributed by atoms with Gasteiger partial charge < -0.3 is 0 Å². The van der Waals surface area contributed by atoms with E-state index in [-0.39, 0.29) is 6.04 Å². The topological polar surface area (TPSA) is 21.7 Å². The summed E-state index contributed by atoms with van der Waals surface area (Å²) in [6.45, 7) is 3.96. The van der Waals surface area contributed by atoms with Crippen molar-refractivity contribution in [3.8, 4) is 0 Å². The van der Waals surface area contributed by atoms with Gasteiger partial charge in [0.2, 0.25) is 0 Å². The summed E-state index contributed by atoms with van der Waals surface area (Å²) in [5, 5.41) is 1.42. The van der Waals surface area contributed by atoms with Crippen molar-refractivity contribution in [3.05, 3.63) is 0 Å². The molecule has 0 aliphatic heterocycles. The third-order valence-electron chi connectivity index (χ3n) is 0.782. The van der Waals surface area contributed by atoms with Crippen LogP contribution in [0.25, 0.3) is 0 Å². The highest BCUT2D eigenvalue weighted by Crippen LogP contribution is 1.95. The van der Waals surface area contributed by atoms with Crippen LogP contribution >= 0.6 is 0 Å². The van der Waals surface area contributed by atoms with Gasteiger partial charge in [-0.3, -0.25) is 9.68 Å². The van der Waals surface area contributed by atoms with E-state index in [2.05, 4.69) is 0 Å². The average molecular weight is 119 g/mol. The molecule has 0 rings (SSSR count). The third-order valence-corrected chi connectivity index (χ3v) is 0.782. The van der Waals surface area contributed by atoms with Crippen LogP contribution in [0.1, 0.15) is 13.8 Å². The highest BCUT2D eigenvalue weighted by atomic mass is 16.9. The smallest absolute Gasteiger partial charge is 0.0601 e. The van der Waals surface area contributed by atoms with Gasteiger partial charge in [-0.05, 0) is 13.8 Å². The fraction of sp³-hybridized carbons (Fsp3) is 1.00. The van der Waals surface area contributed by atoms with Crippen LogP contribution in [-0.4, -0.2) is 25.5 Å². The van der Waals surface area contributed by atoms with Gasteiger partial charge in [0.15, 0.2) is 0 Å². The zero-order valence-corrected chi connectivity index (χ0v) is 5.84. The van der Waals surface area contributed by atoms with Gasteiger partial charge in [0.05, 0.1) is 20.3 Å². The Morgan fingerprint density at radius 2 is 1.50 bits per heavy atom. The van der Waals surface area contributed by atoms with Crippen molar-refractivity contribution < 1.29 is 9.68 Å². The van der Waals surface area contributed by atoms with Crippen molar-refractivity contribution in [3.63, 3.8) is 0 Å². The Kier molecular flexibility index (Phi) is 3.77. The van der Waals surface area contributed by atoms with E-state index in [0.29, 0.717) is 0 Å². The molecule has 0 saturated carbocycles. The van der Waals surface area contributed by atoms with Gasteiger partial charge in [0.1, 0.15) is 0 Å². The lowest BCUT2D eigenvalue weighted by Crippen LogP contribution is -2.28. The Labute approximate surface area is 50.1 Å². The van der Waals surface area contributed by atoms with E-state index >= 15 is 0 Å². The first-order valence-electron chi connectivity index (χ1n) is 2.59. The van der Waals surface area contributed by atoms with Crippen LogP contribution in [0.15, 0.2) is 0 Å². The van der Waals surface area contributed by atoms with E-state index in [1.54, 1.807) is 14.2 Å². The fourth-order valence-electron chi connectivity index (χ4n) is 0.496. The zero-order chi connectivity index (χ0) is 6.57. The van der Waals surface area contributed by atoms with Crippen molar-refractivity contribution in [2.75, 3.05) is 14.2 Å². The lowest BCUT2D eigenvalue weighted by molar-refractivity contribution is -0.359. The van der Waals surface area contributed by atoms with Gasteiger partial charge in [-0.25, -0.2) is 0 Å². The number of hydrogen-bond acceptors (Lipinski definition) is 3. The van der Waals surface area contributed by atoms with Crippen LogP contribution in [0.4, 0.5) is 0 Å². The maximum Gasteiger partial charge on any atom is 0.0601 e. The predicted molar refractivity (Wildman–Crippen MR) is 31.0 cm³/mol. The maximum absolute atomic E-state index is 4.77. The van der Waals surface area contributed by atoms with Gasteiger partial charge in [0.25, 0.3) is 0 Å². The summed E-state index contributed by atoms with van der Waals surface area (Å²) >= 11 is 0. The second-order valence-corrected chi connectivity index (χ2v) is 1.74. The Balaban J connectivity index is 3.35. The summed E-state index contributed by atoms with van der Waals surface area (Å²) in [6, 6.07) is 0.269. The molecule has 0 fully saturated rings. The molecule has 0 bridgehead atoms. The molecule has 0 amide bonds. The Bertz CT molecular complexity index is 52.4.